The molecule has 2 atom stereocenters. The first-order valence-electron chi connectivity index (χ1n) is 11.1. The Morgan fingerprint density at radius 2 is 1.45 bits per heavy atom. The third-order valence-corrected chi connectivity index (χ3v) is 7.99. The van der Waals surface area contributed by atoms with E-state index in [2.05, 4.69) is 0 Å². The Morgan fingerprint density at radius 1 is 0.970 bits per heavy atom. The average molecular weight is 474 g/mol. The molecule has 9 heteroatoms. The lowest BCUT2D eigenvalue weighted by Crippen LogP contribution is -2.50. The van der Waals surface area contributed by atoms with Gasteiger partial charge in [-0.3, -0.25) is 9.36 Å². The van der Waals surface area contributed by atoms with Crippen molar-refractivity contribution in [1.82, 2.24) is 4.90 Å². The van der Waals surface area contributed by atoms with Crippen LogP contribution in [0.15, 0.2) is 48.5 Å². The first kappa shape index (κ1) is 25.1. The standard InChI is InChI=1S/C24H31N2O6P/c1-5-31-33(29,32-6-2)17(4)26(23(27)16(3)25)24(28)30-15-22-20-13-9-7-11-18(20)19-12-8-10-14-21(19)22/h7-14,16-17,22H,5-6,15,25H2,1-4H3. The first-order chi connectivity index (χ1) is 15.7. The van der Waals surface area contributed by atoms with Gasteiger partial charge in [-0.25, -0.2) is 9.69 Å². The van der Waals surface area contributed by atoms with E-state index in [4.69, 9.17) is 19.5 Å². The molecule has 3 rings (SSSR count). The molecule has 0 saturated heterocycles. The lowest BCUT2D eigenvalue weighted by Gasteiger charge is -2.32. The van der Waals surface area contributed by atoms with E-state index >= 15 is 0 Å². The topological polar surface area (TPSA) is 108 Å². The molecule has 1 aliphatic rings. The largest absolute Gasteiger partial charge is 0.448 e. The third-order valence-electron chi connectivity index (χ3n) is 5.61. The zero-order valence-electron chi connectivity index (χ0n) is 19.4. The average Bonchev–Trinajstić information content (AvgIpc) is 3.11. The minimum Gasteiger partial charge on any atom is -0.448 e. The van der Waals surface area contributed by atoms with Crippen LogP contribution in [0, 0.1) is 0 Å². The fraction of sp³-hybridized carbons (Fsp3) is 0.417. The highest BCUT2D eigenvalue weighted by molar-refractivity contribution is 7.54. The highest BCUT2D eigenvalue weighted by Gasteiger charge is 2.44. The van der Waals surface area contributed by atoms with Crippen LogP contribution in [0.3, 0.4) is 0 Å². The van der Waals surface area contributed by atoms with E-state index in [1.54, 1.807) is 13.8 Å². The van der Waals surface area contributed by atoms with Gasteiger partial charge in [0.05, 0.1) is 19.3 Å². The SMILES string of the molecule is CCOP(=O)(OCC)C(C)N(C(=O)OCC1c2ccccc2-c2ccccc21)C(=O)C(C)N. The summed E-state index contributed by atoms with van der Waals surface area (Å²) in [4.78, 5) is 26.8. The van der Waals surface area contributed by atoms with Gasteiger partial charge < -0.3 is 19.5 Å². The van der Waals surface area contributed by atoms with Gasteiger partial charge in [-0.2, -0.15) is 0 Å². The van der Waals surface area contributed by atoms with Crippen molar-refractivity contribution >= 4 is 19.6 Å². The van der Waals surface area contributed by atoms with E-state index in [1.807, 2.05) is 48.5 Å². The van der Waals surface area contributed by atoms with E-state index < -0.39 is 31.4 Å². The quantitative estimate of drug-likeness (QED) is 0.524. The van der Waals surface area contributed by atoms with Gasteiger partial charge in [-0.15, -0.1) is 0 Å². The minimum atomic E-state index is -3.82. The molecule has 0 spiro atoms. The number of ether oxygens (including phenoxy) is 1. The minimum absolute atomic E-state index is 0.00981. The van der Waals surface area contributed by atoms with Crippen molar-refractivity contribution in [2.45, 2.75) is 45.4 Å². The fourth-order valence-corrected chi connectivity index (χ4v) is 5.78. The van der Waals surface area contributed by atoms with Gasteiger partial charge >= 0.3 is 13.7 Å². The Morgan fingerprint density at radius 3 is 1.91 bits per heavy atom. The number of nitrogens with two attached hydrogens (primary N) is 1. The van der Waals surface area contributed by atoms with Crippen LogP contribution in [0.4, 0.5) is 4.79 Å². The van der Waals surface area contributed by atoms with E-state index in [-0.39, 0.29) is 25.7 Å². The van der Waals surface area contributed by atoms with E-state index in [9.17, 15) is 14.2 Å². The van der Waals surface area contributed by atoms with Crippen molar-refractivity contribution in [1.29, 1.82) is 0 Å². The predicted molar refractivity (Wildman–Crippen MR) is 126 cm³/mol. The summed E-state index contributed by atoms with van der Waals surface area (Å²) < 4.78 is 29.6. The molecule has 0 heterocycles. The summed E-state index contributed by atoms with van der Waals surface area (Å²) in [5, 5.41) is 0. The second-order valence-electron chi connectivity index (χ2n) is 7.81. The maximum absolute atomic E-state index is 13.3. The van der Waals surface area contributed by atoms with Crippen molar-refractivity contribution in [3.8, 4) is 11.1 Å². The Kier molecular flexibility index (Phi) is 8.08. The summed E-state index contributed by atoms with van der Waals surface area (Å²) >= 11 is 0. The molecule has 33 heavy (non-hydrogen) atoms. The molecule has 0 radical (unpaired) electrons. The molecular weight excluding hydrogens is 443 g/mol. The summed E-state index contributed by atoms with van der Waals surface area (Å²) in [7, 11) is -3.82. The maximum atomic E-state index is 13.3. The Bertz CT molecular complexity index is 1000. The summed E-state index contributed by atoms with van der Waals surface area (Å²) in [5.74, 6) is -2.11. The summed E-state index contributed by atoms with van der Waals surface area (Å²) in [6.07, 6.45) is -0.939. The lowest BCUT2D eigenvalue weighted by atomic mass is 9.98. The van der Waals surface area contributed by atoms with Crippen LogP contribution in [0.25, 0.3) is 11.1 Å². The Hall–Kier alpha value is -2.51. The summed E-state index contributed by atoms with van der Waals surface area (Å²) in [6, 6.07) is 14.9. The molecule has 0 bridgehead atoms. The normalized spacial score (nSPS) is 14.8. The van der Waals surface area contributed by atoms with Crippen LogP contribution < -0.4 is 5.73 Å². The van der Waals surface area contributed by atoms with E-state index in [0.29, 0.717) is 0 Å². The summed E-state index contributed by atoms with van der Waals surface area (Å²) in [6.45, 7) is 6.39. The van der Waals surface area contributed by atoms with Crippen molar-refractivity contribution in [3.05, 3.63) is 59.7 Å². The zero-order valence-corrected chi connectivity index (χ0v) is 20.3. The number of amides is 2. The molecule has 178 valence electrons. The van der Waals surface area contributed by atoms with Crippen LogP contribution in [0.2, 0.25) is 0 Å². The first-order valence-corrected chi connectivity index (χ1v) is 12.7. The summed E-state index contributed by atoms with van der Waals surface area (Å²) in [5.41, 5.74) is 10.0. The number of carbonyl (C=O) groups is 2. The number of carbonyl (C=O) groups excluding carboxylic acids is 2. The number of hydrogen-bond acceptors (Lipinski definition) is 7. The molecule has 2 unspecified atom stereocenters. The smallest absolute Gasteiger partial charge is 0.417 e. The van der Waals surface area contributed by atoms with Gasteiger partial charge in [0, 0.05) is 5.92 Å². The number of imide groups is 1. The number of hydrogen-bond donors (Lipinski definition) is 1. The Labute approximate surface area is 194 Å². The molecular formula is C24H31N2O6P. The monoisotopic (exact) mass is 474 g/mol. The molecule has 8 nitrogen and oxygen atoms in total. The van der Waals surface area contributed by atoms with Crippen molar-refractivity contribution in [3.63, 3.8) is 0 Å². The van der Waals surface area contributed by atoms with Gasteiger partial charge in [-0.05, 0) is 49.9 Å². The maximum Gasteiger partial charge on any atom is 0.417 e. The molecule has 0 saturated carbocycles. The van der Waals surface area contributed by atoms with E-state index in [1.165, 1.54) is 13.8 Å². The molecule has 0 aliphatic heterocycles. The van der Waals surface area contributed by atoms with Gasteiger partial charge in [0.2, 0.25) is 5.91 Å². The fourth-order valence-electron chi connectivity index (χ4n) is 4.06. The number of nitrogens with zero attached hydrogens (tertiary/aromatic N) is 1. The number of fused-ring (bicyclic) bond motifs is 3. The van der Waals surface area contributed by atoms with Crippen LogP contribution in [-0.4, -0.2) is 48.5 Å². The third kappa shape index (κ3) is 5.04. The molecule has 2 N–H and O–H groups in total. The van der Waals surface area contributed by atoms with Crippen molar-refractivity contribution in [2.24, 2.45) is 5.73 Å². The van der Waals surface area contributed by atoms with Crippen molar-refractivity contribution in [2.75, 3.05) is 19.8 Å². The highest BCUT2D eigenvalue weighted by atomic mass is 31.2. The van der Waals surface area contributed by atoms with E-state index in [0.717, 1.165) is 27.2 Å². The molecule has 2 amide bonds. The predicted octanol–water partition coefficient (Wildman–Crippen LogP) is 4.72. The van der Waals surface area contributed by atoms with Crippen LogP contribution in [0.1, 0.15) is 44.7 Å². The highest BCUT2D eigenvalue weighted by Crippen LogP contribution is 2.54. The number of rotatable bonds is 9. The van der Waals surface area contributed by atoms with Gasteiger partial charge in [0.1, 0.15) is 12.4 Å². The van der Waals surface area contributed by atoms with Gasteiger partial charge in [0.25, 0.3) is 0 Å². The molecule has 2 aromatic carbocycles. The zero-order chi connectivity index (χ0) is 24.2. The van der Waals surface area contributed by atoms with Gasteiger partial charge in [0.15, 0.2) is 0 Å². The second-order valence-corrected chi connectivity index (χ2v) is 10.2. The molecule has 0 fully saturated rings. The molecule has 0 aromatic heterocycles. The molecule has 2 aromatic rings. The Balaban J connectivity index is 1.86. The van der Waals surface area contributed by atoms with Crippen molar-refractivity contribution < 1.29 is 27.9 Å². The van der Waals surface area contributed by atoms with Gasteiger partial charge in [-0.1, -0.05) is 48.5 Å². The molecule has 1 aliphatic carbocycles. The second kappa shape index (κ2) is 10.6. The number of benzene rings is 2. The van der Waals surface area contributed by atoms with Crippen LogP contribution >= 0.6 is 7.60 Å². The van der Waals surface area contributed by atoms with Crippen LogP contribution in [-0.2, 0) is 23.1 Å². The lowest BCUT2D eigenvalue weighted by molar-refractivity contribution is -0.131. The van der Waals surface area contributed by atoms with Crippen LogP contribution in [0.5, 0.6) is 0 Å².